The van der Waals surface area contributed by atoms with Crippen molar-refractivity contribution in [1.82, 2.24) is 0 Å². The van der Waals surface area contributed by atoms with Gasteiger partial charge in [-0.15, -0.1) is 0 Å². The quantitative estimate of drug-likeness (QED) is 0.213. The molecule has 0 aromatic carbocycles. The number of nitrogens with zero attached hydrogens (tertiary/aromatic N) is 1. The first-order valence-corrected chi connectivity index (χ1v) is 2.55. The van der Waals surface area contributed by atoms with E-state index in [0.717, 1.165) is 0 Å². The van der Waals surface area contributed by atoms with Crippen LogP contribution < -0.4 is 22.9 Å². The molecule has 0 atom stereocenters. The number of nitrogens with two attached hydrogens (primary N) is 4. The van der Waals surface area contributed by atoms with Gasteiger partial charge in [0.15, 0.2) is 11.8 Å². The highest BCUT2D eigenvalue weighted by Gasteiger charge is 1.90. The molecule has 56 valence electrons. The lowest BCUT2D eigenvalue weighted by Gasteiger charge is -1.96. The molecule has 0 heterocycles. The predicted molar refractivity (Wildman–Crippen MR) is 41.4 cm³/mol. The van der Waals surface area contributed by atoms with Crippen LogP contribution in [0, 0.1) is 0 Å². The van der Waals surface area contributed by atoms with Gasteiger partial charge in [0.2, 0.25) is 0 Å². The summed E-state index contributed by atoms with van der Waals surface area (Å²) in [5.74, 6) is -0.0442. The third kappa shape index (κ3) is 2.61. The first kappa shape index (κ1) is 8.35. The van der Waals surface area contributed by atoms with Gasteiger partial charge in [-0.2, -0.15) is 4.99 Å². The molecule has 0 aromatic heterocycles. The number of hydrogen-bond donors (Lipinski definition) is 4. The summed E-state index contributed by atoms with van der Waals surface area (Å²) in [5.41, 5.74) is 20.8. The second-order valence-corrected chi connectivity index (χ2v) is 1.58. The minimum atomic E-state index is -0.123. The third-order valence-electron chi connectivity index (χ3n) is 0.765. The summed E-state index contributed by atoms with van der Waals surface area (Å²) < 4.78 is 0. The molecule has 0 saturated heterocycles. The summed E-state index contributed by atoms with van der Waals surface area (Å²) in [7, 11) is 0. The Hall–Kier alpha value is -1.65. The average molecular weight is 141 g/mol. The Morgan fingerprint density at radius 1 is 1.20 bits per heavy atom. The summed E-state index contributed by atoms with van der Waals surface area (Å²) in [6, 6.07) is 0. The minimum absolute atomic E-state index is 0.0787. The van der Waals surface area contributed by atoms with Crippen LogP contribution in [0.25, 0.3) is 0 Å². The molecule has 0 amide bonds. The summed E-state index contributed by atoms with van der Waals surface area (Å²) in [6.07, 6.45) is 1.36. The second kappa shape index (κ2) is 3.39. The number of rotatable bonds is 2. The monoisotopic (exact) mass is 141 g/mol. The topological polar surface area (TPSA) is 116 Å². The van der Waals surface area contributed by atoms with Gasteiger partial charge >= 0.3 is 0 Å². The number of guanidine groups is 1. The molecule has 0 unspecified atom stereocenters. The van der Waals surface area contributed by atoms with Crippen LogP contribution in [0.3, 0.4) is 0 Å². The van der Waals surface area contributed by atoms with Crippen molar-refractivity contribution >= 4 is 5.96 Å². The highest BCUT2D eigenvalue weighted by Crippen LogP contribution is 1.91. The SMILES string of the molecule is C=C/C(N)=C(/N)N=C(N)N. The van der Waals surface area contributed by atoms with Crippen LogP contribution in [0.2, 0.25) is 0 Å². The molecule has 0 aliphatic carbocycles. The van der Waals surface area contributed by atoms with Crippen molar-refractivity contribution in [1.29, 1.82) is 0 Å². The summed E-state index contributed by atoms with van der Waals surface area (Å²) in [4.78, 5) is 3.48. The van der Waals surface area contributed by atoms with E-state index in [1.807, 2.05) is 0 Å². The smallest absolute Gasteiger partial charge is 0.192 e. The van der Waals surface area contributed by atoms with E-state index in [1.54, 1.807) is 0 Å². The van der Waals surface area contributed by atoms with Gasteiger partial charge in [0.1, 0.15) is 0 Å². The van der Waals surface area contributed by atoms with E-state index in [4.69, 9.17) is 22.9 Å². The Morgan fingerprint density at radius 3 is 2.00 bits per heavy atom. The third-order valence-corrected chi connectivity index (χ3v) is 0.765. The Labute approximate surface area is 59.1 Å². The molecule has 0 fully saturated rings. The summed E-state index contributed by atoms with van der Waals surface area (Å²) >= 11 is 0. The van der Waals surface area contributed by atoms with Gasteiger partial charge < -0.3 is 22.9 Å². The van der Waals surface area contributed by atoms with E-state index >= 15 is 0 Å². The van der Waals surface area contributed by atoms with Gasteiger partial charge in [0.25, 0.3) is 0 Å². The molecule has 0 radical (unpaired) electrons. The molecule has 0 bridgehead atoms. The molecule has 0 rings (SSSR count). The Morgan fingerprint density at radius 2 is 1.70 bits per heavy atom. The maximum Gasteiger partial charge on any atom is 0.192 e. The maximum absolute atomic E-state index is 5.28. The molecule has 0 aliphatic rings. The van der Waals surface area contributed by atoms with E-state index in [2.05, 4.69) is 11.6 Å². The first-order chi connectivity index (χ1) is 4.57. The van der Waals surface area contributed by atoms with Gasteiger partial charge in [0.05, 0.1) is 5.70 Å². The van der Waals surface area contributed by atoms with Crippen LogP contribution in [-0.2, 0) is 0 Å². The number of aliphatic imine (C=N–C) groups is 1. The molecule has 0 saturated carbocycles. The molecule has 0 aliphatic heterocycles. The van der Waals surface area contributed by atoms with Crippen molar-refractivity contribution in [3.63, 3.8) is 0 Å². The van der Waals surface area contributed by atoms with E-state index in [9.17, 15) is 0 Å². The van der Waals surface area contributed by atoms with E-state index in [-0.39, 0.29) is 17.5 Å². The van der Waals surface area contributed by atoms with E-state index < -0.39 is 0 Å². The zero-order chi connectivity index (χ0) is 8.15. The van der Waals surface area contributed by atoms with Crippen molar-refractivity contribution in [3.8, 4) is 0 Å². The zero-order valence-electron chi connectivity index (χ0n) is 5.54. The molecule has 8 N–H and O–H groups in total. The van der Waals surface area contributed by atoms with Gasteiger partial charge in [-0.25, -0.2) is 0 Å². The molecule has 5 heteroatoms. The van der Waals surface area contributed by atoms with E-state index in [0.29, 0.717) is 0 Å². The van der Waals surface area contributed by atoms with Crippen LogP contribution in [0.1, 0.15) is 0 Å². The fraction of sp³-hybridized carbons (Fsp3) is 0. The Bertz CT molecular complexity index is 186. The van der Waals surface area contributed by atoms with Gasteiger partial charge in [-0.1, -0.05) is 6.58 Å². The van der Waals surface area contributed by atoms with E-state index in [1.165, 1.54) is 6.08 Å². The van der Waals surface area contributed by atoms with Gasteiger partial charge in [-0.05, 0) is 6.08 Å². The standard InChI is InChI=1S/C5H11N5/c1-2-3(6)4(7)10-5(8)9/h2H,1,6-7H2,(H4,8,9,10)/b4-3+. The second-order valence-electron chi connectivity index (χ2n) is 1.58. The van der Waals surface area contributed by atoms with Crippen LogP contribution in [0.4, 0.5) is 0 Å². The predicted octanol–water partition coefficient (Wildman–Crippen LogP) is -1.47. The highest BCUT2D eigenvalue weighted by molar-refractivity contribution is 5.76. The van der Waals surface area contributed by atoms with Crippen LogP contribution >= 0.6 is 0 Å². The molecular weight excluding hydrogens is 130 g/mol. The van der Waals surface area contributed by atoms with Crippen molar-refractivity contribution in [2.45, 2.75) is 0 Å². The normalized spacial score (nSPS) is 11.6. The molecule has 10 heavy (non-hydrogen) atoms. The fourth-order valence-corrected chi connectivity index (χ4v) is 0.308. The van der Waals surface area contributed by atoms with Crippen molar-refractivity contribution < 1.29 is 0 Å². The minimum Gasteiger partial charge on any atom is -0.396 e. The van der Waals surface area contributed by atoms with Crippen LogP contribution in [0.5, 0.6) is 0 Å². The van der Waals surface area contributed by atoms with Gasteiger partial charge in [-0.3, -0.25) is 0 Å². The highest BCUT2D eigenvalue weighted by atomic mass is 15.0. The largest absolute Gasteiger partial charge is 0.396 e. The maximum atomic E-state index is 5.28. The fourth-order valence-electron chi connectivity index (χ4n) is 0.308. The van der Waals surface area contributed by atoms with Crippen LogP contribution in [-0.4, -0.2) is 5.96 Å². The number of allylic oxidation sites excluding steroid dienone is 1. The van der Waals surface area contributed by atoms with Crippen molar-refractivity contribution in [2.24, 2.45) is 27.9 Å². The van der Waals surface area contributed by atoms with Crippen LogP contribution in [0.15, 0.2) is 29.2 Å². The summed E-state index contributed by atoms with van der Waals surface area (Å²) in [5, 5.41) is 0. The first-order valence-electron chi connectivity index (χ1n) is 2.55. The molecule has 5 nitrogen and oxygen atoms in total. The Kier molecular flexibility index (Phi) is 2.83. The average Bonchev–Trinajstić information content (AvgIpc) is 1.85. The lowest BCUT2D eigenvalue weighted by Crippen LogP contribution is -2.24. The molecule has 0 aromatic rings. The zero-order valence-corrected chi connectivity index (χ0v) is 5.54. The van der Waals surface area contributed by atoms with Crippen molar-refractivity contribution in [2.75, 3.05) is 0 Å². The lowest BCUT2D eigenvalue weighted by molar-refractivity contribution is 1.15. The number of hydrogen-bond acceptors (Lipinski definition) is 3. The van der Waals surface area contributed by atoms with Gasteiger partial charge in [0, 0.05) is 0 Å². The lowest BCUT2D eigenvalue weighted by atomic mass is 10.4. The molecule has 0 spiro atoms. The van der Waals surface area contributed by atoms with Crippen molar-refractivity contribution in [3.05, 3.63) is 24.2 Å². The Balaban J connectivity index is 4.48. The summed E-state index contributed by atoms with van der Waals surface area (Å²) in [6.45, 7) is 3.38. The molecular formula is C5H11N5.